The number of carbonyl (C=O) groups excluding carboxylic acids is 2. The molecule has 0 saturated carbocycles. The first-order valence-corrected chi connectivity index (χ1v) is 8.19. The van der Waals surface area contributed by atoms with Crippen LogP contribution in [0.2, 0.25) is 0 Å². The van der Waals surface area contributed by atoms with Gasteiger partial charge in [0.25, 0.3) is 0 Å². The van der Waals surface area contributed by atoms with Gasteiger partial charge in [0.2, 0.25) is 0 Å². The molecule has 132 valence electrons. The minimum absolute atomic E-state index is 0.243. The van der Waals surface area contributed by atoms with Crippen molar-refractivity contribution in [1.82, 2.24) is 0 Å². The van der Waals surface area contributed by atoms with Crippen molar-refractivity contribution < 1.29 is 23.8 Å². The zero-order chi connectivity index (χ0) is 18.2. The number of carbonyl (C=O) groups is 2. The van der Waals surface area contributed by atoms with Crippen LogP contribution in [-0.2, 0) is 23.8 Å². The summed E-state index contributed by atoms with van der Waals surface area (Å²) >= 11 is 0. The Morgan fingerprint density at radius 2 is 1.60 bits per heavy atom. The SMILES string of the molecule is CCOC(=O)C1=CC(OC)=C[C@@H](c2ccccc2)C(C(=O)OCC)=C1. The summed E-state index contributed by atoms with van der Waals surface area (Å²) in [6.07, 6.45) is 4.89. The van der Waals surface area contributed by atoms with E-state index in [9.17, 15) is 9.59 Å². The van der Waals surface area contributed by atoms with Gasteiger partial charge in [-0.1, -0.05) is 30.3 Å². The van der Waals surface area contributed by atoms with Crippen LogP contribution in [-0.4, -0.2) is 32.3 Å². The molecule has 0 saturated heterocycles. The molecular weight excluding hydrogens is 320 g/mol. The monoisotopic (exact) mass is 342 g/mol. The van der Waals surface area contributed by atoms with Crippen LogP contribution in [0.4, 0.5) is 0 Å². The van der Waals surface area contributed by atoms with Crippen LogP contribution < -0.4 is 0 Å². The van der Waals surface area contributed by atoms with Gasteiger partial charge in [-0.3, -0.25) is 0 Å². The van der Waals surface area contributed by atoms with Crippen LogP contribution in [0.1, 0.15) is 25.3 Å². The first-order valence-electron chi connectivity index (χ1n) is 8.19. The minimum Gasteiger partial charge on any atom is -0.497 e. The molecule has 0 bridgehead atoms. The fraction of sp³-hybridized carbons (Fsp3) is 0.300. The third-order valence-electron chi connectivity index (χ3n) is 3.69. The summed E-state index contributed by atoms with van der Waals surface area (Å²) in [7, 11) is 1.52. The number of hydrogen-bond acceptors (Lipinski definition) is 5. The summed E-state index contributed by atoms with van der Waals surface area (Å²) in [5.74, 6) is -0.896. The van der Waals surface area contributed by atoms with Crippen molar-refractivity contribution in [3.05, 3.63) is 71.0 Å². The van der Waals surface area contributed by atoms with Crippen LogP contribution >= 0.6 is 0 Å². The smallest absolute Gasteiger partial charge is 0.338 e. The van der Waals surface area contributed by atoms with Crippen LogP contribution in [0.15, 0.2) is 65.5 Å². The van der Waals surface area contributed by atoms with E-state index in [0.717, 1.165) is 5.56 Å². The Balaban J connectivity index is 2.55. The lowest BCUT2D eigenvalue weighted by Crippen LogP contribution is -2.15. The maximum atomic E-state index is 12.5. The van der Waals surface area contributed by atoms with E-state index in [1.807, 2.05) is 30.3 Å². The van der Waals surface area contributed by atoms with E-state index in [2.05, 4.69) is 0 Å². The number of methoxy groups -OCH3 is 1. The number of ether oxygens (including phenoxy) is 3. The van der Waals surface area contributed by atoms with E-state index < -0.39 is 17.9 Å². The molecule has 1 atom stereocenters. The molecule has 0 amide bonds. The molecule has 1 aromatic rings. The highest BCUT2D eigenvalue weighted by atomic mass is 16.5. The summed E-state index contributed by atoms with van der Waals surface area (Å²) < 4.78 is 15.6. The number of rotatable bonds is 6. The zero-order valence-electron chi connectivity index (χ0n) is 14.7. The molecule has 1 aliphatic rings. The van der Waals surface area contributed by atoms with Gasteiger partial charge in [-0.2, -0.15) is 0 Å². The summed E-state index contributed by atoms with van der Waals surface area (Å²) in [6, 6.07) is 9.51. The van der Waals surface area contributed by atoms with E-state index in [0.29, 0.717) is 11.3 Å². The molecule has 0 unspecified atom stereocenters. The second-order valence-electron chi connectivity index (χ2n) is 5.30. The minimum atomic E-state index is -0.513. The molecule has 0 spiro atoms. The fourth-order valence-corrected chi connectivity index (χ4v) is 2.55. The molecule has 0 radical (unpaired) electrons. The van der Waals surface area contributed by atoms with Gasteiger partial charge < -0.3 is 14.2 Å². The Morgan fingerprint density at radius 1 is 0.960 bits per heavy atom. The summed E-state index contributed by atoms with van der Waals surface area (Å²) in [5, 5.41) is 0. The van der Waals surface area contributed by atoms with Gasteiger partial charge >= 0.3 is 11.9 Å². The Hall–Kier alpha value is -2.82. The lowest BCUT2D eigenvalue weighted by atomic mass is 9.90. The molecule has 1 aliphatic carbocycles. The molecule has 0 N–H and O–H groups in total. The van der Waals surface area contributed by atoms with Gasteiger partial charge in [-0.15, -0.1) is 0 Å². The second-order valence-corrected chi connectivity index (χ2v) is 5.30. The van der Waals surface area contributed by atoms with E-state index in [1.165, 1.54) is 13.2 Å². The van der Waals surface area contributed by atoms with Crippen LogP contribution in [0, 0.1) is 0 Å². The highest BCUT2D eigenvalue weighted by molar-refractivity contribution is 5.98. The molecule has 5 nitrogen and oxygen atoms in total. The van der Waals surface area contributed by atoms with Gasteiger partial charge in [-0.25, -0.2) is 9.59 Å². The average molecular weight is 342 g/mol. The maximum Gasteiger partial charge on any atom is 0.338 e. The summed E-state index contributed by atoms with van der Waals surface area (Å²) in [6.45, 7) is 3.96. The van der Waals surface area contributed by atoms with E-state index in [1.54, 1.807) is 26.0 Å². The predicted molar refractivity (Wildman–Crippen MR) is 93.7 cm³/mol. The largest absolute Gasteiger partial charge is 0.497 e. The van der Waals surface area contributed by atoms with Gasteiger partial charge in [0.1, 0.15) is 5.76 Å². The van der Waals surface area contributed by atoms with Gasteiger partial charge in [0.15, 0.2) is 0 Å². The van der Waals surface area contributed by atoms with Gasteiger partial charge in [-0.05, 0) is 37.6 Å². The topological polar surface area (TPSA) is 61.8 Å². The zero-order valence-corrected chi connectivity index (χ0v) is 14.7. The number of esters is 2. The van der Waals surface area contributed by atoms with E-state index in [-0.39, 0.29) is 18.8 Å². The Morgan fingerprint density at radius 3 is 2.20 bits per heavy atom. The van der Waals surface area contributed by atoms with Crippen molar-refractivity contribution >= 4 is 11.9 Å². The van der Waals surface area contributed by atoms with Crippen LogP contribution in [0.5, 0.6) is 0 Å². The molecule has 0 aliphatic heterocycles. The predicted octanol–water partition coefficient (Wildman–Crippen LogP) is 3.29. The second kappa shape index (κ2) is 8.87. The Labute approximate surface area is 147 Å². The molecule has 0 aromatic heterocycles. The third-order valence-corrected chi connectivity index (χ3v) is 3.69. The number of allylic oxidation sites excluding steroid dienone is 2. The molecular formula is C20H22O5. The van der Waals surface area contributed by atoms with Crippen molar-refractivity contribution in [1.29, 1.82) is 0 Å². The molecule has 25 heavy (non-hydrogen) atoms. The summed E-state index contributed by atoms with van der Waals surface area (Å²) in [5.41, 5.74) is 1.51. The lowest BCUT2D eigenvalue weighted by molar-refractivity contribution is -0.138. The van der Waals surface area contributed by atoms with Crippen molar-refractivity contribution in [2.24, 2.45) is 0 Å². The lowest BCUT2D eigenvalue weighted by Gasteiger charge is -2.16. The van der Waals surface area contributed by atoms with E-state index >= 15 is 0 Å². The molecule has 2 rings (SSSR count). The van der Waals surface area contributed by atoms with Gasteiger partial charge in [0, 0.05) is 11.5 Å². The maximum absolute atomic E-state index is 12.5. The molecule has 0 fully saturated rings. The average Bonchev–Trinajstić information content (AvgIpc) is 2.83. The number of benzene rings is 1. The normalized spacial score (nSPS) is 16.8. The third kappa shape index (κ3) is 4.59. The quantitative estimate of drug-likeness (QED) is 0.742. The van der Waals surface area contributed by atoms with Crippen LogP contribution in [0.3, 0.4) is 0 Å². The first-order chi connectivity index (χ1) is 12.1. The molecule has 0 heterocycles. The Kier molecular flexibility index (Phi) is 6.57. The summed E-state index contributed by atoms with van der Waals surface area (Å²) in [4.78, 5) is 24.7. The molecule has 1 aromatic carbocycles. The highest BCUT2D eigenvalue weighted by Crippen LogP contribution is 2.32. The fourth-order valence-electron chi connectivity index (χ4n) is 2.55. The van der Waals surface area contributed by atoms with Crippen molar-refractivity contribution in [3.63, 3.8) is 0 Å². The van der Waals surface area contributed by atoms with Crippen LogP contribution in [0.25, 0.3) is 0 Å². The Bertz CT molecular complexity index is 713. The van der Waals surface area contributed by atoms with Crippen molar-refractivity contribution in [3.8, 4) is 0 Å². The first kappa shape index (κ1) is 18.5. The highest BCUT2D eigenvalue weighted by Gasteiger charge is 2.27. The van der Waals surface area contributed by atoms with Crippen molar-refractivity contribution in [2.45, 2.75) is 19.8 Å². The van der Waals surface area contributed by atoms with E-state index in [4.69, 9.17) is 14.2 Å². The van der Waals surface area contributed by atoms with Gasteiger partial charge in [0.05, 0.1) is 25.9 Å². The number of hydrogen-bond donors (Lipinski definition) is 0. The standard InChI is InChI=1S/C20H22O5/c1-4-24-19(21)15-11-16(23-3)13-17(14-9-7-6-8-10-14)18(12-15)20(22)25-5-2/h6-13,17H,4-5H2,1-3H3/t17-/m0/s1. The van der Waals surface area contributed by atoms with Crippen molar-refractivity contribution in [2.75, 3.05) is 20.3 Å². The molecule has 5 heteroatoms.